The number of hydrogen-bond donors (Lipinski definition) is 2. The molecule has 6 nitrogen and oxygen atoms in total. The standard InChI is InChI=1S/C21H28N4O2/c26-20-12-11-19(22-25(20)18-9-5-2-6-10-18)21(27)24-15-13-23(14-16-24)17-7-3-1-4-8-17/h2,5-6,9-11,17,22H,1,3-4,7-8,12-16H2/p+1. The van der Waals surface area contributed by atoms with E-state index in [0.29, 0.717) is 5.70 Å². The average molecular weight is 369 g/mol. The highest BCUT2D eigenvalue weighted by atomic mass is 16.2. The highest BCUT2D eigenvalue weighted by molar-refractivity contribution is 6.01. The second-order valence-corrected chi connectivity index (χ2v) is 7.78. The van der Waals surface area contributed by atoms with Gasteiger partial charge in [-0.1, -0.05) is 24.6 Å². The largest absolute Gasteiger partial charge is 0.330 e. The van der Waals surface area contributed by atoms with Gasteiger partial charge in [0.05, 0.1) is 37.9 Å². The molecule has 1 aromatic rings. The minimum atomic E-state index is -0.0516. The zero-order valence-electron chi connectivity index (χ0n) is 15.8. The van der Waals surface area contributed by atoms with Gasteiger partial charge in [0.15, 0.2) is 0 Å². The molecule has 144 valence electrons. The number of amides is 2. The first-order valence-corrected chi connectivity index (χ1v) is 10.2. The van der Waals surface area contributed by atoms with Crippen molar-refractivity contribution >= 4 is 17.5 Å². The van der Waals surface area contributed by atoms with E-state index in [1.807, 2.05) is 35.2 Å². The number of nitrogens with one attached hydrogen (secondary N) is 2. The maximum atomic E-state index is 13.0. The van der Waals surface area contributed by atoms with Crippen molar-refractivity contribution < 1.29 is 14.5 Å². The fourth-order valence-corrected chi connectivity index (χ4v) is 4.52. The first-order valence-electron chi connectivity index (χ1n) is 10.2. The van der Waals surface area contributed by atoms with Crippen LogP contribution in [0.3, 0.4) is 0 Å². The van der Waals surface area contributed by atoms with Gasteiger partial charge in [-0.15, -0.1) is 0 Å². The summed E-state index contributed by atoms with van der Waals surface area (Å²) in [6.07, 6.45) is 8.74. The molecule has 2 amide bonds. The van der Waals surface area contributed by atoms with Gasteiger partial charge in [0.25, 0.3) is 5.91 Å². The molecule has 0 atom stereocenters. The van der Waals surface area contributed by atoms with Gasteiger partial charge in [0, 0.05) is 6.42 Å². The Morgan fingerprint density at radius 3 is 2.44 bits per heavy atom. The Kier molecular flexibility index (Phi) is 5.43. The Bertz CT molecular complexity index is 704. The second kappa shape index (κ2) is 8.13. The van der Waals surface area contributed by atoms with Crippen molar-refractivity contribution in [2.45, 2.75) is 44.6 Å². The Morgan fingerprint density at radius 2 is 1.74 bits per heavy atom. The number of hydrazine groups is 1. The predicted molar refractivity (Wildman–Crippen MR) is 104 cm³/mol. The molecule has 0 bridgehead atoms. The molecule has 0 radical (unpaired) electrons. The molecular formula is C21H29N4O2+. The zero-order chi connectivity index (χ0) is 18.6. The van der Waals surface area contributed by atoms with Crippen LogP contribution in [0.15, 0.2) is 42.1 Å². The molecule has 1 aliphatic carbocycles. The molecule has 0 spiro atoms. The van der Waals surface area contributed by atoms with Crippen molar-refractivity contribution in [1.29, 1.82) is 0 Å². The molecule has 27 heavy (non-hydrogen) atoms. The summed E-state index contributed by atoms with van der Waals surface area (Å²) < 4.78 is 0. The van der Waals surface area contributed by atoms with E-state index in [1.54, 1.807) is 11.0 Å². The number of nitrogens with zero attached hydrogens (tertiary/aromatic N) is 2. The summed E-state index contributed by atoms with van der Waals surface area (Å²) in [6, 6.07) is 10.2. The molecule has 1 saturated carbocycles. The molecule has 3 aliphatic rings. The van der Waals surface area contributed by atoms with E-state index >= 15 is 0 Å². The van der Waals surface area contributed by atoms with Crippen molar-refractivity contribution in [1.82, 2.24) is 10.3 Å². The van der Waals surface area contributed by atoms with Crippen LogP contribution in [0.25, 0.3) is 0 Å². The van der Waals surface area contributed by atoms with Gasteiger partial charge in [0.2, 0.25) is 5.91 Å². The molecule has 1 saturated heterocycles. The summed E-state index contributed by atoms with van der Waals surface area (Å²) in [7, 11) is 0. The van der Waals surface area contributed by atoms with Crippen LogP contribution in [0.1, 0.15) is 38.5 Å². The van der Waals surface area contributed by atoms with Gasteiger partial charge >= 0.3 is 0 Å². The normalized spacial score (nSPS) is 22.4. The number of para-hydroxylation sites is 1. The lowest BCUT2D eigenvalue weighted by Gasteiger charge is -2.39. The van der Waals surface area contributed by atoms with Crippen molar-refractivity contribution in [2.75, 3.05) is 31.2 Å². The number of hydrogen-bond acceptors (Lipinski definition) is 3. The van der Waals surface area contributed by atoms with Gasteiger partial charge in [-0.2, -0.15) is 0 Å². The number of piperazine rings is 1. The number of anilines is 1. The first-order chi connectivity index (χ1) is 13.2. The Hall–Kier alpha value is -2.34. The highest BCUT2D eigenvalue weighted by Crippen LogP contribution is 2.18. The molecular weight excluding hydrogens is 340 g/mol. The van der Waals surface area contributed by atoms with Gasteiger partial charge < -0.3 is 9.80 Å². The first kappa shape index (κ1) is 18.0. The molecule has 0 aromatic heterocycles. The molecule has 2 aliphatic heterocycles. The minimum absolute atomic E-state index is 0.00567. The molecule has 1 aromatic carbocycles. The number of carbonyl (C=O) groups is 2. The smallest absolute Gasteiger partial charge is 0.271 e. The van der Waals surface area contributed by atoms with Crippen molar-refractivity contribution in [3.05, 3.63) is 42.1 Å². The van der Waals surface area contributed by atoms with Crippen LogP contribution in [-0.4, -0.2) is 48.9 Å². The lowest BCUT2D eigenvalue weighted by Crippen LogP contribution is -3.18. The van der Waals surface area contributed by atoms with E-state index in [-0.39, 0.29) is 18.2 Å². The van der Waals surface area contributed by atoms with Gasteiger partial charge in [-0.25, -0.2) is 5.01 Å². The lowest BCUT2D eigenvalue weighted by atomic mass is 9.94. The highest BCUT2D eigenvalue weighted by Gasteiger charge is 2.32. The van der Waals surface area contributed by atoms with E-state index in [9.17, 15) is 9.59 Å². The molecule has 6 heteroatoms. The summed E-state index contributed by atoms with van der Waals surface area (Å²) in [5.74, 6) is -0.0459. The van der Waals surface area contributed by atoms with E-state index in [1.165, 1.54) is 37.1 Å². The summed E-state index contributed by atoms with van der Waals surface area (Å²) in [4.78, 5) is 28.8. The Balaban J connectivity index is 1.36. The maximum absolute atomic E-state index is 13.0. The molecule has 2 fully saturated rings. The average Bonchev–Trinajstić information content (AvgIpc) is 2.75. The second-order valence-electron chi connectivity index (χ2n) is 7.78. The Morgan fingerprint density at radius 1 is 1.04 bits per heavy atom. The van der Waals surface area contributed by atoms with Gasteiger partial charge in [0.1, 0.15) is 5.70 Å². The third-order valence-electron chi connectivity index (χ3n) is 6.08. The molecule has 0 unspecified atom stereocenters. The van der Waals surface area contributed by atoms with Crippen LogP contribution >= 0.6 is 0 Å². The topological polar surface area (TPSA) is 57.1 Å². The van der Waals surface area contributed by atoms with Crippen molar-refractivity contribution in [3.63, 3.8) is 0 Å². The summed E-state index contributed by atoms with van der Waals surface area (Å²) >= 11 is 0. The summed E-state index contributed by atoms with van der Waals surface area (Å²) in [5, 5.41) is 1.48. The number of benzene rings is 1. The van der Waals surface area contributed by atoms with E-state index < -0.39 is 0 Å². The number of quaternary nitrogens is 1. The summed E-state index contributed by atoms with van der Waals surface area (Å²) in [5.41, 5.74) is 4.31. The minimum Gasteiger partial charge on any atom is -0.330 e. The lowest BCUT2D eigenvalue weighted by molar-refractivity contribution is -0.930. The fourth-order valence-electron chi connectivity index (χ4n) is 4.52. The fraction of sp³-hybridized carbons (Fsp3) is 0.524. The van der Waals surface area contributed by atoms with Gasteiger partial charge in [-0.3, -0.25) is 15.0 Å². The van der Waals surface area contributed by atoms with E-state index in [4.69, 9.17) is 0 Å². The third kappa shape index (κ3) is 4.00. The van der Waals surface area contributed by atoms with Crippen LogP contribution in [-0.2, 0) is 9.59 Å². The van der Waals surface area contributed by atoms with Crippen LogP contribution in [0.5, 0.6) is 0 Å². The van der Waals surface area contributed by atoms with Crippen LogP contribution in [0.4, 0.5) is 5.69 Å². The Labute approximate surface area is 160 Å². The third-order valence-corrected chi connectivity index (χ3v) is 6.08. The molecule has 2 N–H and O–H groups in total. The monoisotopic (exact) mass is 369 g/mol. The van der Waals surface area contributed by atoms with Crippen molar-refractivity contribution in [2.24, 2.45) is 0 Å². The van der Waals surface area contributed by atoms with E-state index in [0.717, 1.165) is 37.9 Å². The SMILES string of the molecule is O=C(C1=CCC(=O)N(c2ccccc2)N1)N1CC[NH+](C2CCCCC2)CC1. The molecule has 2 heterocycles. The van der Waals surface area contributed by atoms with Crippen molar-refractivity contribution in [3.8, 4) is 0 Å². The van der Waals surface area contributed by atoms with Crippen LogP contribution in [0.2, 0.25) is 0 Å². The van der Waals surface area contributed by atoms with Crippen LogP contribution < -0.4 is 15.3 Å². The van der Waals surface area contributed by atoms with Crippen LogP contribution in [0, 0.1) is 0 Å². The molecule has 4 rings (SSSR count). The maximum Gasteiger partial charge on any atom is 0.271 e. The number of rotatable bonds is 3. The zero-order valence-corrected chi connectivity index (χ0v) is 15.8. The quantitative estimate of drug-likeness (QED) is 0.831. The predicted octanol–water partition coefficient (Wildman–Crippen LogP) is 0.872. The van der Waals surface area contributed by atoms with E-state index in [2.05, 4.69) is 5.43 Å². The van der Waals surface area contributed by atoms with Gasteiger partial charge in [-0.05, 0) is 43.9 Å². The number of carbonyl (C=O) groups excluding carboxylic acids is 2. The summed E-state index contributed by atoms with van der Waals surface area (Å²) in [6.45, 7) is 3.65.